The number of amides is 1. The van der Waals surface area contributed by atoms with Crippen LogP contribution < -0.4 is 5.32 Å². The van der Waals surface area contributed by atoms with Crippen molar-refractivity contribution in [2.24, 2.45) is 0 Å². The maximum atomic E-state index is 12.6. The molecular weight excluding hydrogens is 284 g/mol. The van der Waals surface area contributed by atoms with Crippen LogP contribution in [0, 0.1) is 0 Å². The van der Waals surface area contributed by atoms with E-state index >= 15 is 0 Å². The molecular formula is C16H26N2O2S. The second kappa shape index (κ2) is 8.51. The van der Waals surface area contributed by atoms with Gasteiger partial charge >= 0.3 is 0 Å². The van der Waals surface area contributed by atoms with E-state index in [1.54, 1.807) is 18.4 Å². The van der Waals surface area contributed by atoms with Crippen molar-refractivity contribution in [2.45, 2.75) is 51.2 Å². The average Bonchev–Trinajstić information content (AvgIpc) is 3.11. The molecule has 0 aliphatic carbocycles. The van der Waals surface area contributed by atoms with Gasteiger partial charge in [-0.25, -0.2) is 0 Å². The Morgan fingerprint density at radius 2 is 2.24 bits per heavy atom. The molecule has 5 heteroatoms. The molecule has 0 spiro atoms. The van der Waals surface area contributed by atoms with Crippen molar-refractivity contribution in [1.82, 2.24) is 10.2 Å². The maximum Gasteiger partial charge on any atom is 0.241 e. The summed E-state index contributed by atoms with van der Waals surface area (Å²) in [5, 5.41) is 7.73. The molecule has 2 heterocycles. The highest BCUT2D eigenvalue weighted by atomic mass is 32.1. The number of nitrogens with zero attached hydrogens (tertiary/aromatic N) is 1. The smallest absolute Gasteiger partial charge is 0.241 e. The van der Waals surface area contributed by atoms with Crippen LogP contribution in [-0.4, -0.2) is 37.1 Å². The van der Waals surface area contributed by atoms with Gasteiger partial charge < -0.3 is 9.64 Å². The minimum Gasteiger partial charge on any atom is -0.385 e. The zero-order valence-corrected chi connectivity index (χ0v) is 13.8. The monoisotopic (exact) mass is 310 g/mol. The number of thiophene rings is 1. The summed E-state index contributed by atoms with van der Waals surface area (Å²) < 4.78 is 5.09. The Hall–Kier alpha value is -0.910. The summed E-state index contributed by atoms with van der Waals surface area (Å²) in [5.74, 6) is 0.261. The second-order valence-corrected chi connectivity index (χ2v) is 6.33. The number of carbonyl (C=O) groups is 1. The highest BCUT2D eigenvalue weighted by Crippen LogP contribution is 2.28. The molecule has 1 aromatic rings. The Balaban J connectivity index is 1.99. The molecule has 0 bridgehead atoms. The zero-order chi connectivity index (χ0) is 15.1. The molecule has 2 rings (SSSR count). The molecule has 118 valence electrons. The van der Waals surface area contributed by atoms with Gasteiger partial charge in [0, 0.05) is 20.3 Å². The van der Waals surface area contributed by atoms with E-state index < -0.39 is 0 Å². The standard InChI is InChI=1S/C16H26N2O2S/c1-3-4-7-14-16(19)18(9-5-6-10-20-2)15(17-14)13-8-11-21-12-13/h8,11-12,14-15,17H,3-7,9-10H2,1-2H3. The second-order valence-electron chi connectivity index (χ2n) is 5.55. The first-order valence-electron chi connectivity index (χ1n) is 7.85. The first kappa shape index (κ1) is 16.5. The third-order valence-electron chi connectivity index (χ3n) is 3.95. The largest absolute Gasteiger partial charge is 0.385 e. The van der Waals surface area contributed by atoms with Gasteiger partial charge in [0.2, 0.25) is 5.91 Å². The topological polar surface area (TPSA) is 41.6 Å². The number of unbranched alkanes of at least 4 members (excludes halogenated alkanes) is 2. The summed E-state index contributed by atoms with van der Waals surface area (Å²) >= 11 is 1.68. The summed E-state index contributed by atoms with van der Waals surface area (Å²) in [4.78, 5) is 14.6. The minimum absolute atomic E-state index is 0.0164. The van der Waals surface area contributed by atoms with Crippen LogP contribution in [0.2, 0.25) is 0 Å². The Morgan fingerprint density at radius 3 is 2.90 bits per heavy atom. The molecule has 21 heavy (non-hydrogen) atoms. The molecule has 1 amide bonds. The summed E-state index contributed by atoms with van der Waals surface area (Å²) in [5.41, 5.74) is 1.21. The first-order chi connectivity index (χ1) is 10.3. The Kier molecular flexibility index (Phi) is 6.67. The van der Waals surface area contributed by atoms with E-state index in [0.29, 0.717) is 0 Å². The molecule has 1 fully saturated rings. The summed E-state index contributed by atoms with van der Waals surface area (Å²) in [6.45, 7) is 3.73. The summed E-state index contributed by atoms with van der Waals surface area (Å²) in [7, 11) is 1.72. The van der Waals surface area contributed by atoms with E-state index in [2.05, 4.69) is 29.1 Å². The quantitative estimate of drug-likeness (QED) is 0.712. The van der Waals surface area contributed by atoms with Gasteiger partial charge in [0.1, 0.15) is 6.17 Å². The molecule has 0 saturated carbocycles. The van der Waals surface area contributed by atoms with Gasteiger partial charge in [0.25, 0.3) is 0 Å². The molecule has 2 unspecified atom stereocenters. The predicted molar refractivity (Wildman–Crippen MR) is 86.3 cm³/mol. The van der Waals surface area contributed by atoms with Gasteiger partial charge in [-0.1, -0.05) is 19.8 Å². The molecule has 1 N–H and O–H groups in total. The molecule has 1 aliphatic heterocycles. The number of carbonyl (C=O) groups excluding carboxylic acids is 1. The number of hydrogen-bond donors (Lipinski definition) is 1. The van der Waals surface area contributed by atoms with Crippen LogP contribution in [0.1, 0.15) is 50.8 Å². The molecule has 2 atom stereocenters. The number of rotatable bonds is 9. The van der Waals surface area contributed by atoms with Crippen LogP contribution in [0.25, 0.3) is 0 Å². The SMILES string of the molecule is CCCCC1NC(c2ccsc2)N(CCCCOC)C1=O. The Bertz CT molecular complexity index is 422. The van der Waals surface area contributed by atoms with Crippen molar-refractivity contribution in [3.05, 3.63) is 22.4 Å². The van der Waals surface area contributed by atoms with Crippen LogP contribution in [0.5, 0.6) is 0 Å². The van der Waals surface area contributed by atoms with Crippen LogP contribution in [0.15, 0.2) is 16.8 Å². The van der Waals surface area contributed by atoms with Gasteiger partial charge in [-0.15, -0.1) is 0 Å². The van der Waals surface area contributed by atoms with Gasteiger partial charge in [-0.2, -0.15) is 11.3 Å². The van der Waals surface area contributed by atoms with E-state index in [4.69, 9.17) is 4.74 Å². The van der Waals surface area contributed by atoms with Gasteiger partial charge in [0.15, 0.2) is 0 Å². The number of methoxy groups -OCH3 is 1. The van der Waals surface area contributed by atoms with Crippen molar-refractivity contribution < 1.29 is 9.53 Å². The number of ether oxygens (including phenoxy) is 1. The lowest BCUT2D eigenvalue weighted by Crippen LogP contribution is -2.32. The Labute approximate surface area is 131 Å². The molecule has 0 radical (unpaired) electrons. The fraction of sp³-hybridized carbons (Fsp3) is 0.688. The van der Waals surface area contributed by atoms with Gasteiger partial charge in [0.05, 0.1) is 6.04 Å². The summed E-state index contributed by atoms with van der Waals surface area (Å²) in [6, 6.07) is 2.09. The predicted octanol–water partition coefficient (Wildman–Crippen LogP) is 3.16. The first-order valence-corrected chi connectivity index (χ1v) is 8.79. The Morgan fingerprint density at radius 1 is 1.38 bits per heavy atom. The third-order valence-corrected chi connectivity index (χ3v) is 4.66. The van der Waals surface area contributed by atoms with E-state index in [1.165, 1.54) is 5.56 Å². The average molecular weight is 310 g/mol. The van der Waals surface area contributed by atoms with Crippen LogP contribution in [0.4, 0.5) is 0 Å². The molecule has 1 aliphatic rings. The lowest BCUT2D eigenvalue weighted by molar-refractivity contribution is -0.130. The third kappa shape index (κ3) is 4.28. The van der Waals surface area contributed by atoms with Crippen LogP contribution >= 0.6 is 11.3 Å². The maximum absolute atomic E-state index is 12.6. The molecule has 1 aromatic heterocycles. The lowest BCUT2D eigenvalue weighted by Gasteiger charge is -2.23. The number of nitrogens with one attached hydrogen (secondary N) is 1. The zero-order valence-electron chi connectivity index (χ0n) is 13.0. The normalized spacial score (nSPS) is 22.2. The fourth-order valence-corrected chi connectivity index (χ4v) is 3.45. The molecule has 0 aromatic carbocycles. The minimum atomic E-state index is -0.0164. The highest BCUT2D eigenvalue weighted by Gasteiger charge is 2.38. The van der Waals surface area contributed by atoms with E-state index in [9.17, 15) is 4.79 Å². The number of hydrogen-bond acceptors (Lipinski definition) is 4. The van der Waals surface area contributed by atoms with Crippen molar-refractivity contribution in [2.75, 3.05) is 20.3 Å². The van der Waals surface area contributed by atoms with E-state index in [-0.39, 0.29) is 18.1 Å². The summed E-state index contributed by atoms with van der Waals surface area (Å²) in [6.07, 6.45) is 5.19. The van der Waals surface area contributed by atoms with Gasteiger partial charge in [-0.05, 0) is 41.7 Å². The highest BCUT2D eigenvalue weighted by molar-refractivity contribution is 7.07. The van der Waals surface area contributed by atoms with E-state index in [0.717, 1.165) is 45.3 Å². The van der Waals surface area contributed by atoms with Crippen molar-refractivity contribution in [1.29, 1.82) is 0 Å². The lowest BCUT2D eigenvalue weighted by atomic mass is 10.1. The molecule has 4 nitrogen and oxygen atoms in total. The van der Waals surface area contributed by atoms with Gasteiger partial charge in [-0.3, -0.25) is 10.1 Å². The van der Waals surface area contributed by atoms with Crippen molar-refractivity contribution in [3.63, 3.8) is 0 Å². The fourth-order valence-electron chi connectivity index (χ4n) is 2.77. The van der Waals surface area contributed by atoms with Crippen molar-refractivity contribution >= 4 is 17.2 Å². The van der Waals surface area contributed by atoms with Crippen LogP contribution in [0.3, 0.4) is 0 Å². The van der Waals surface area contributed by atoms with Crippen LogP contribution in [-0.2, 0) is 9.53 Å². The van der Waals surface area contributed by atoms with Crippen molar-refractivity contribution in [3.8, 4) is 0 Å². The van der Waals surface area contributed by atoms with E-state index in [1.807, 2.05) is 4.90 Å². The molecule has 1 saturated heterocycles.